The molecule has 11 heteroatoms. The highest BCUT2D eigenvalue weighted by Crippen LogP contribution is 2.27. The molecule has 0 aliphatic carbocycles. The van der Waals surface area contributed by atoms with Gasteiger partial charge in [0.25, 0.3) is 11.8 Å². The molecule has 0 bridgehead atoms. The summed E-state index contributed by atoms with van der Waals surface area (Å²) < 4.78 is 33.7. The molecule has 0 fully saturated rings. The number of carbonyl (C=O) groups excluding carboxylic acids is 1. The Bertz CT molecular complexity index is 1050. The lowest BCUT2D eigenvalue weighted by Crippen LogP contribution is -2.15. The fourth-order valence-corrected chi connectivity index (χ4v) is 3.74. The maximum Gasteiger partial charge on any atom is 0.338 e. The number of primary sulfonamides is 1. The van der Waals surface area contributed by atoms with E-state index < -0.39 is 22.1 Å². The molecule has 2 aromatic heterocycles. The third-order valence-electron chi connectivity index (χ3n) is 3.28. The van der Waals surface area contributed by atoms with Crippen molar-refractivity contribution in [2.75, 3.05) is 0 Å². The summed E-state index contributed by atoms with van der Waals surface area (Å²) in [6.07, 6.45) is -0.836. The number of hydrogen-bond acceptors (Lipinski definition) is 8. The third kappa shape index (κ3) is 3.93. The normalized spacial score (nSPS) is 12.7. The molecule has 2 N–H and O–H groups in total. The summed E-state index contributed by atoms with van der Waals surface area (Å²) >= 11 is 7.23. The van der Waals surface area contributed by atoms with E-state index in [0.717, 1.165) is 10.9 Å². The highest BCUT2D eigenvalue weighted by molar-refractivity contribution is 7.89. The van der Waals surface area contributed by atoms with Gasteiger partial charge in [0.15, 0.2) is 6.10 Å². The molecular formula is C15H12ClN3O5S2. The van der Waals surface area contributed by atoms with Gasteiger partial charge >= 0.3 is 5.97 Å². The summed E-state index contributed by atoms with van der Waals surface area (Å²) in [4.78, 5) is 12.7. The molecule has 0 saturated heterocycles. The average molecular weight is 414 g/mol. The molecule has 0 amide bonds. The first kappa shape index (κ1) is 18.5. The van der Waals surface area contributed by atoms with Gasteiger partial charge in [-0.15, -0.1) is 21.5 Å². The summed E-state index contributed by atoms with van der Waals surface area (Å²) in [6, 6.07) is 7.30. The second-order valence-corrected chi connectivity index (χ2v) is 8.05. The van der Waals surface area contributed by atoms with Crippen LogP contribution < -0.4 is 5.14 Å². The Balaban J connectivity index is 1.78. The first-order valence-electron chi connectivity index (χ1n) is 7.16. The summed E-state index contributed by atoms with van der Waals surface area (Å²) in [5.41, 5.74) is -0.0247. The third-order valence-corrected chi connectivity index (χ3v) is 5.53. The Morgan fingerprint density at radius 3 is 2.77 bits per heavy atom. The van der Waals surface area contributed by atoms with E-state index in [1.165, 1.54) is 23.5 Å². The zero-order valence-corrected chi connectivity index (χ0v) is 15.6. The quantitative estimate of drug-likeness (QED) is 0.637. The molecule has 0 spiro atoms. The number of nitrogens with zero attached hydrogens (tertiary/aromatic N) is 2. The van der Waals surface area contributed by atoms with Crippen molar-refractivity contribution in [3.63, 3.8) is 0 Å². The van der Waals surface area contributed by atoms with E-state index in [1.807, 2.05) is 17.5 Å². The Morgan fingerprint density at radius 2 is 2.12 bits per heavy atom. The number of nitrogens with two attached hydrogens (primary N) is 1. The minimum absolute atomic E-state index is 0.0247. The van der Waals surface area contributed by atoms with E-state index in [0.29, 0.717) is 5.89 Å². The number of hydrogen-bond donors (Lipinski definition) is 1. The molecule has 1 atom stereocenters. The van der Waals surface area contributed by atoms with Gasteiger partial charge in [0.1, 0.15) is 4.90 Å². The Hall–Kier alpha value is -2.27. The number of ether oxygens (including phenoxy) is 1. The largest absolute Gasteiger partial charge is 0.449 e. The van der Waals surface area contributed by atoms with Crippen molar-refractivity contribution in [3.05, 3.63) is 52.2 Å². The molecule has 136 valence electrons. The zero-order chi connectivity index (χ0) is 18.9. The second-order valence-electron chi connectivity index (χ2n) is 5.16. The van der Waals surface area contributed by atoms with Crippen molar-refractivity contribution in [3.8, 4) is 10.8 Å². The van der Waals surface area contributed by atoms with E-state index >= 15 is 0 Å². The van der Waals surface area contributed by atoms with Crippen LogP contribution >= 0.6 is 22.9 Å². The smallest absolute Gasteiger partial charge is 0.338 e. The number of benzene rings is 1. The number of rotatable bonds is 5. The van der Waals surface area contributed by atoms with Crippen molar-refractivity contribution >= 4 is 38.9 Å². The predicted octanol–water partition coefficient (Wildman–Crippen LogP) is 3.02. The Kier molecular flexibility index (Phi) is 5.10. The highest BCUT2D eigenvalue weighted by Gasteiger charge is 2.22. The number of carbonyl (C=O) groups is 1. The van der Waals surface area contributed by atoms with Crippen molar-refractivity contribution < 1.29 is 22.4 Å². The molecule has 2 heterocycles. The maximum absolute atomic E-state index is 12.3. The van der Waals surface area contributed by atoms with E-state index in [-0.39, 0.29) is 21.4 Å². The van der Waals surface area contributed by atoms with Crippen molar-refractivity contribution in [2.45, 2.75) is 17.9 Å². The van der Waals surface area contributed by atoms with Gasteiger partial charge in [0.2, 0.25) is 10.0 Å². The first-order chi connectivity index (χ1) is 12.3. The average Bonchev–Trinajstić information content (AvgIpc) is 3.25. The minimum Gasteiger partial charge on any atom is -0.449 e. The first-order valence-corrected chi connectivity index (χ1v) is 9.96. The molecule has 1 unspecified atom stereocenters. The molecule has 3 aromatic rings. The maximum atomic E-state index is 12.3. The van der Waals surface area contributed by atoms with Crippen LogP contribution in [0.15, 0.2) is 45.0 Å². The van der Waals surface area contributed by atoms with Gasteiger partial charge in [-0.3, -0.25) is 0 Å². The molecule has 0 radical (unpaired) electrons. The van der Waals surface area contributed by atoms with E-state index in [4.69, 9.17) is 25.9 Å². The number of halogens is 1. The van der Waals surface area contributed by atoms with Crippen LogP contribution in [0.3, 0.4) is 0 Å². The van der Waals surface area contributed by atoms with E-state index in [2.05, 4.69) is 10.2 Å². The highest BCUT2D eigenvalue weighted by atomic mass is 35.5. The zero-order valence-electron chi connectivity index (χ0n) is 13.2. The Morgan fingerprint density at radius 1 is 1.35 bits per heavy atom. The van der Waals surface area contributed by atoms with Crippen LogP contribution in [0.1, 0.15) is 29.3 Å². The summed E-state index contributed by atoms with van der Waals surface area (Å²) in [5, 5.41) is 14.6. The Labute approximate surface area is 157 Å². The minimum atomic E-state index is -4.07. The lowest BCUT2D eigenvalue weighted by molar-refractivity contribution is 0.0279. The number of aromatic nitrogens is 2. The predicted molar refractivity (Wildman–Crippen MR) is 94.3 cm³/mol. The van der Waals surface area contributed by atoms with Crippen molar-refractivity contribution in [2.24, 2.45) is 5.14 Å². The molecule has 8 nitrogen and oxygen atoms in total. The van der Waals surface area contributed by atoms with Crippen molar-refractivity contribution in [1.82, 2.24) is 10.2 Å². The van der Waals surface area contributed by atoms with Crippen LogP contribution in [0, 0.1) is 0 Å². The number of esters is 1. The van der Waals surface area contributed by atoms with Gasteiger partial charge in [-0.25, -0.2) is 18.4 Å². The molecule has 0 saturated carbocycles. The summed E-state index contributed by atoms with van der Waals surface area (Å²) in [5.74, 6) is -0.349. The van der Waals surface area contributed by atoms with Gasteiger partial charge in [-0.05, 0) is 36.6 Å². The molecule has 0 aliphatic rings. The van der Waals surface area contributed by atoms with Gasteiger partial charge in [0.05, 0.1) is 15.5 Å². The summed E-state index contributed by atoms with van der Waals surface area (Å²) in [6.45, 7) is 1.56. The molecule has 3 rings (SSSR count). The van der Waals surface area contributed by atoms with Gasteiger partial charge in [-0.1, -0.05) is 17.7 Å². The number of sulfonamides is 1. The second kappa shape index (κ2) is 7.16. The molecule has 1 aromatic carbocycles. The lowest BCUT2D eigenvalue weighted by Gasteiger charge is -2.10. The summed E-state index contributed by atoms with van der Waals surface area (Å²) in [7, 11) is -4.07. The van der Waals surface area contributed by atoms with Crippen LogP contribution in [-0.4, -0.2) is 24.6 Å². The van der Waals surface area contributed by atoms with Crippen LogP contribution in [0.5, 0.6) is 0 Å². The van der Waals surface area contributed by atoms with Gasteiger partial charge < -0.3 is 9.15 Å². The number of thiophene rings is 1. The van der Waals surface area contributed by atoms with Gasteiger partial charge in [-0.2, -0.15) is 0 Å². The van der Waals surface area contributed by atoms with Crippen LogP contribution in [0.4, 0.5) is 0 Å². The van der Waals surface area contributed by atoms with Crippen molar-refractivity contribution in [1.29, 1.82) is 0 Å². The van der Waals surface area contributed by atoms with E-state index in [1.54, 1.807) is 6.92 Å². The van der Waals surface area contributed by atoms with Crippen LogP contribution in [-0.2, 0) is 14.8 Å². The molecule has 26 heavy (non-hydrogen) atoms. The fourth-order valence-electron chi connectivity index (χ4n) is 2.03. The molecular weight excluding hydrogens is 402 g/mol. The SMILES string of the molecule is CC(OC(=O)c1ccc(Cl)c(S(N)(=O)=O)c1)c1nnc(-c2cccs2)o1. The van der Waals surface area contributed by atoms with E-state index in [9.17, 15) is 13.2 Å². The van der Waals surface area contributed by atoms with Crippen LogP contribution in [0.25, 0.3) is 10.8 Å². The lowest BCUT2D eigenvalue weighted by atomic mass is 10.2. The topological polar surface area (TPSA) is 125 Å². The van der Waals surface area contributed by atoms with Crippen LogP contribution in [0.2, 0.25) is 5.02 Å². The van der Waals surface area contributed by atoms with Gasteiger partial charge in [0, 0.05) is 0 Å². The monoisotopic (exact) mass is 413 g/mol. The molecule has 0 aliphatic heterocycles. The fraction of sp³-hybridized carbons (Fsp3) is 0.133. The standard InChI is InChI=1S/C15H12ClN3O5S2/c1-8(13-18-19-14(24-13)11-3-2-6-25-11)23-15(20)9-4-5-10(16)12(7-9)26(17,21)22/h2-8H,1H3,(H2,17,21,22).